The van der Waals surface area contributed by atoms with Gasteiger partial charge in [-0.15, -0.1) is 0 Å². The van der Waals surface area contributed by atoms with Gasteiger partial charge < -0.3 is 15.8 Å². The highest BCUT2D eigenvalue weighted by Crippen LogP contribution is 2.44. The largest absolute Gasteiger partial charge is 0.389 e. The summed E-state index contributed by atoms with van der Waals surface area (Å²) in [4.78, 5) is 4.79. The maximum atomic E-state index is 5.82. The smallest absolute Gasteiger partial charge is 0.136 e. The van der Waals surface area contributed by atoms with Gasteiger partial charge in [-0.3, -0.25) is 0 Å². The molecule has 1 aromatic rings. The number of pyridine rings is 1. The van der Waals surface area contributed by atoms with E-state index in [1.54, 1.807) is 6.20 Å². The maximum absolute atomic E-state index is 5.82. The first-order valence-electron chi connectivity index (χ1n) is 7.01. The molecule has 1 heterocycles. The minimum Gasteiger partial charge on any atom is -0.389 e. The Morgan fingerprint density at radius 3 is 2.85 bits per heavy atom. The molecule has 20 heavy (non-hydrogen) atoms. The van der Waals surface area contributed by atoms with Crippen molar-refractivity contribution in [2.75, 3.05) is 11.9 Å². The number of nitrogens with zero attached hydrogens (tertiary/aromatic N) is 1. The van der Waals surface area contributed by atoms with Gasteiger partial charge in [0.1, 0.15) is 10.8 Å². The molecular weight excluding hydrogens is 270 g/mol. The zero-order valence-corrected chi connectivity index (χ0v) is 13.4. The third kappa shape index (κ3) is 2.65. The molecule has 3 N–H and O–H groups in total. The number of aryl methyl sites for hydroxylation is 1. The number of ether oxygens (including phenoxy) is 1. The lowest BCUT2D eigenvalue weighted by Crippen LogP contribution is -2.58. The van der Waals surface area contributed by atoms with Crippen LogP contribution < -0.4 is 11.1 Å². The molecule has 0 spiro atoms. The van der Waals surface area contributed by atoms with Crippen molar-refractivity contribution >= 4 is 23.0 Å². The SMILES string of the molecule is CCOC1CC(Nc2nccc(C)c2C(N)=S)C1(C)C. The monoisotopic (exact) mass is 293 g/mol. The van der Waals surface area contributed by atoms with Gasteiger partial charge in [0.2, 0.25) is 0 Å². The van der Waals surface area contributed by atoms with Gasteiger partial charge in [-0.2, -0.15) is 0 Å². The van der Waals surface area contributed by atoms with Gasteiger partial charge in [0.15, 0.2) is 0 Å². The lowest BCUT2D eigenvalue weighted by molar-refractivity contribution is -0.0976. The average molecular weight is 293 g/mol. The molecule has 2 unspecified atom stereocenters. The van der Waals surface area contributed by atoms with Crippen LogP contribution in [0.3, 0.4) is 0 Å². The van der Waals surface area contributed by atoms with Crippen molar-refractivity contribution in [3.63, 3.8) is 0 Å². The van der Waals surface area contributed by atoms with E-state index < -0.39 is 0 Å². The van der Waals surface area contributed by atoms with Crippen molar-refractivity contribution in [1.82, 2.24) is 4.98 Å². The summed E-state index contributed by atoms with van der Waals surface area (Å²) < 4.78 is 5.75. The molecule has 1 aliphatic carbocycles. The number of hydrogen-bond donors (Lipinski definition) is 2. The van der Waals surface area contributed by atoms with E-state index in [1.165, 1.54) is 0 Å². The molecule has 0 aromatic carbocycles. The molecule has 1 fully saturated rings. The molecule has 4 nitrogen and oxygen atoms in total. The second-order valence-electron chi connectivity index (χ2n) is 5.91. The van der Waals surface area contributed by atoms with Gasteiger partial charge in [-0.1, -0.05) is 26.1 Å². The number of rotatable bonds is 5. The third-order valence-electron chi connectivity index (χ3n) is 4.26. The van der Waals surface area contributed by atoms with Gasteiger partial charge in [0.25, 0.3) is 0 Å². The number of aromatic nitrogens is 1. The summed E-state index contributed by atoms with van der Waals surface area (Å²) in [5, 5.41) is 3.49. The van der Waals surface area contributed by atoms with Crippen LogP contribution >= 0.6 is 12.2 Å². The predicted molar refractivity (Wildman–Crippen MR) is 86.1 cm³/mol. The lowest BCUT2D eigenvalue weighted by atomic mass is 9.64. The first-order chi connectivity index (χ1) is 9.37. The van der Waals surface area contributed by atoms with Crippen LogP contribution in [0.5, 0.6) is 0 Å². The Morgan fingerprint density at radius 1 is 1.60 bits per heavy atom. The minimum atomic E-state index is 0.0783. The molecular formula is C15H23N3OS. The summed E-state index contributed by atoms with van der Waals surface area (Å²) in [5.41, 5.74) is 7.79. The van der Waals surface area contributed by atoms with Crippen LogP contribution in [0.1, 0.15) is 38.3 Å². The molecule has 2 atom stereocenters. The van der Waals surface area contributed by atoms with E-state index >= 15 is 0 Å². The van der Waals surface area contributed by atoms with E-state index in [0.717, 1.165) is 30.0 Å². The van der Waals surface area contributed by atoms with Gasteiger partial charge >= 0.3 is 0 Å². The highest BCUT2D eigenvalue weighted by atomic mass is 32.1. The Hall–Kier alpha value is -1.20. The molecule has 0 amide bonds. The number of anilines is 1. The third-order valence-corrected chi connectivity index (χ3v) is 4.47. The molecule has 5 heteroatoms. The second-order valence-corrected chi connectivity index (χ2v) is 6.35. The van der Waals surface area contributed by atoms with Crippen LogP contribution in [0, 0.1) is 12.3 Å². The fourth-order valence-corrected chi connectivity index (χ4v) is 3.02. The zero-order valence-electron chi connectivity index (χ0n) is 12.6. The van der Waals surface area contributed by atoms with Crippen LogP contribution in [0.2, 0.25) is 0 Å². The first-order valence-corrected chi connectivity index (χ1v) is 7.42. The number of nitrogens with one attached hydrogen (secondary N) is 1. The Balaban J connectivity index is 2.17. The Kier molecular flexibility index (Phi) is 4.30. The van der Waals surface area contributed by atoms with Crippen molar-refractivity contribution in [2.24, 2.45) is 11.1 Å². The van der Waals surface area contributed by atoms with Crippen LogP contribution in [0.15, 0.2) is 12.3 Å². The van der Waals surface area contributed by atoms with Crippen LogP contribution in [0.25, 0.3) is 0 Å². The molecule has 110 valence electrons. The molecule has 1 aliphatic rings. The van der Waals surface area contributed by atoms with E-state index in [9.17, 15) is 0 Å². The summed E-state index contributed by atoms with van der Waals surface area (Å²) in [7, 11) is 0. The lowest BCUT2D eigenvalue weighted by Gasteiger charge is -2.52. The van der Waals surface area contributed by atoms with E-state index in [1.807, 2.05) is 19.9 Å². The average Bonchev–Trinajstić information content (AvgIpc) is 2.37. The van der Waals surface area contributed by atoms with Crippen LogP contribution in [-0.2, 0) is 4.74 Å². The molecule has 0 saturated heterocycles. The summed E-state index contributed by atoms with van der Waals surface area (Å²) >= 11 is 5.14. The van der Waals surface area contributed by atoms with Crippen LogP contribution in [-0.4, -0.2) is 28.7 Å². The van der Waals surface area contributed by atoms with Gasteiger partial charge in [0, 0.05) is 24.3 Å². The van der Waals surface area contributed by atoms with Gasteiger partial charge in [-0.05, 0) is 31.9 Å². The molecule has 0 radical (unpaired) electrons. The van der Waals surface area contributed by atoms with E-state index in [0.29, 0.717) is 17.1 Å². The molecule has 1 aromatic heterocycles. The van der Waals surface area contributed by atoms with E-state index in [2.05, 4.69) is 24.1 Å². The minimum absolute atomic E-state index is 0.0783. The Morgan fingerprint density at radius 2 is 2.30 bits per heavy atom. The summed E-state index contributed by atoms with van der Waals surface area (Å²) in [6, 6.07) is 2.25. The van der Waals surface area contributed by atoms with Crippen LogP contribution in [0.4, 0.5) is 5.82 Å². The fourth-order valence-electron chi connectivity index (χ4n) is 2.76. The predicted octanol–water partition coefficient (Wildman–Crippen LogP) is 2.64. The van der Waals surface area contributed by atoms with Crippen molar-refractivity contribution in [3.8, 4) is 0 Å². The first kappa shape index (κ1) is 15.2. The number of nitrogens with two attached hydrogens (primary N) is 1. The summed E-state index contributed by atoms with van der Waals surface area (Å²) in [6.07, 6.45) is 3.06. The number of hydrogen-bond acceptors (Lipinski definition) is 4. The quantitative estimate of drug-likeness (QED) is 0.817. The molecule has 0 aliphatic heterocycles. The fraction of sp³-hybridized carbons (Fsp3) is 0.600. The second kappa shape index (κ2) is 5.66. The Labute approximate surface area is 126 Å². The van der Waals surface area contributed by atoms with Crippen molar-refractivity contribution in [1.29, 1.82) is 0 Å². The highest BCUT2D eigenvalue weighted by molar-refractivity contribution is 7.80. The Bertz CT molecular complexity index is 516. The van der Waals surface area contributed by atoms with Gasteiger partial charge in [-0.25, -0.2) is 4.98 Å². The normalized spacial score (nSPS) is 24.0. The zero-order chi connectivity index (χ0) is 14.9. The van der Waals surface area contributed by atoms with E-state index in [4.69, 9.17) is 22.7 Å². The summed E-state index contributed by atoms with van der Waals surface area (Å²) in [5.74, 6) is 0.783. The van der Waals surface area contributed by atoms with Crippen molar-refractivity contribution in [3.05, 3.63) is 23.4 Å². The van der Waals surface area contributed by atoms with Crippen molar-refractivity contribution in [2.45, 2.75) is 46.3 Å². The van der Waals surface area contributed by atoms with Gasteiger partial charge in [0.05, 0.1) is 11.7 Å². The molecule has 1 saturated carbocycles. The molecule has 2 rings (SSSR count). The number of thiocarbonyl (C=S) groups is 1. The highest BCUT2D eigenvalue weighted by Gasteiger charge is 2.49. The molecule has 0 bridgehead atoms. The van der Waals surface area contributed by atoms with E-state index in [-0.39, 0.29) is 5.41 Å². The standard InChI is InChI=1S/C15H23N3OS/c1-5-19-11-8-10(15(11,3)4)18-14-12(13(16)20)9(2)6-7-17-14/h6-7,10-11H,5,8H2,1-4H3,(H2,16,20)(H,17,18). The maximum Gasteiger partial charge on any atom is 0.136 e. The van der Waals surface area contributed by atoms with Crippen molar-refractivity contribution < 1.29 is 4.74 Å². The topological polar surface area (TPSA) is 60.2 Å². The summed E-state index contributed by atoms with van der Waals surface area (Å²) in [6.45, 7) is 9.21.